The lowest BCUT2D eigenvalue weighted by molar-refractivity contribution is 0.123. The molecule has 1 atom stereocenters. The molecule has 1 fully saturated rings. The van der Waals surface area contributed by atoms with Crippen molar-refractivity contribution in [3.05, 3.63) is 0 Å². The van der Waals surface area contributed by atoms with E-state index >= 15 is 0 Å². The number of rotatable bonds is 4. The first-order valence-electron chi connectivity index (χ1n) is 5.66. The third-order valence-electron chi connectivity index (χ3n) is 3.02. The average molecular weight is 185 g/mol. The summed E-state index contributed by atoms with van der Waals surface area (Å²) in [5.41, 5.74) is 0. The van der Waals surface area contributed by atoms with Gasteiger partial charge in [0.25, 0.3) is 0 Å². The molecule has 0 spiro atoms. The average Bonchev–Trinajstić information content (AvgIpc) is 2.08. The molecular weight excluding hydrogens is 162 g/mol. The molecule has 0 saturated heterocycles. The fourth-order valence-corrected chi connectivity index (χ4v) is 2.37. The van der Waals surface area contributed by atoms with Gasteiger partial charge in [0.1, 0.15) is 6.23 Å². The number of aliphatic hydroxyl groups excluding tert-OH is 1. The normalized spacial score (nSPS) is 31.6. The van der Waals surface area contributed by atoms with Crippen molar-refractivity contribution in [2.24, 2.45) is 5.92 Å². The number of hydrogen-bond acceptors (Lipinski definition) is 2. The van der Waals surface area contributed by atoms with E-state index in [4.69, 9.17) is 5.11 Å². The van der Waals surface area contributed by atoms with Gasteiger partial charge in [-0.25, -0.2) is 0 Å². The van der Waals surface area contributed by atoms with Crippen molar-refractivity contribution in [1.82, 2.24) is 5.32 Å². The molecule has 0 amide bonds. The van der Waals surface area contributed by atoms with Gasteiger partial charge < -0.3 is 5.11 Å². The summed E-state index contributed by atoms with van der Waals surface area (Å²) in [6.45, 7) is 4.07. The highest BCUT2D eigenvalue weighted by Gasteiger charge is 2.20. The fraction of sp³-hybridized carbons (Fsp3) is 1.00. The van der Waals surface area contributed by atoms with Gasteiger partial charge in [-0.1, -0.05) is 19.8 Å². The molecule has 78 valence electrons. The molecule has 2 nitrogen and oxygen atoms in total. The molecule has 0 aromatic carbocycles. The molecule has 0 radical (unpaired) electrons. The van der Waals surface area contributed by atoms with Crippen molar-refractivity contribution in [3.63, 3.8) is 0 Å². The lowest BCUT2D eigenvalue weighted by Gasteiger charge is -2.29. The smallest absolute Gasteiger partial charge is 0.102 e. The second-order valence-electron chi connectivity index (χ2n) is 4.35. The maximum atomic E-state index is 9.16. The van der Waals surface area contributed by atoms with Gasteiger partial charge in [-0.05, 0) is 38.5 Å². The minimum absolute atomic E-state index is 0.340. The van der Waals surface area contributed by atoms with Crippen LogP contribution in [0.15, 0.2) is 0 Å². The topological polar surface area (TPSA) is 32.3 Å². The third-order valence-corrected chi connectivity index (χ3v) is 3.02. The Bertz CT molecular complexity index is 128. The van der Waals surface area contributed by atoms with Crippen LogP contribution in [0.2, 0.25) is 0 Å². The minimum Gasteiger partial charge on any atom is -0.379 e. The maximum absolute atomic E-state index is 9.16. The van der Waals surface area contributed by atoms with E-state index in [1.807, 2.05) is 0 Å². The van der Waals surface area contributed by atoms with E-state index in [9.17, 15) is 0 Å². The van der Waals surface area contributed by atoms with E-state index in [0.717, 1.165) is 5.92 Å². The number of hydrogen-bond donors (Lipinski definition) is 2. The lowest BCUT2D eigenvalue weighted by Crippen LogP contribution is -2.38. The van der Waals surface area contributed by atoms with Gasteiger partial charge in [-0.15, -0.1) is 0 Å². The van der Waals surface area contributed by atoms with Crippen LogP contribution in [0.5, 0.6) is 0 Å². The van der Waals surface area contributed by atoms with E-state index < -0.39 is 0 Å². The van der Waals surface area contributed by atoms with Crippen LogP contribution >= 0.6 is 0 Å². The maximum Gasteiger partial charge on any atom is 0.102 e. The molecule has 0 aromatic heterocycles. The van der Waals surface area contributed by atoms with Crippen LogP contribution in [-0.4, -0.2) is 17.4 Å². The predicted octanol–water partition coefficient (Wildman–Crippen LogP) is 2.27. The largest absolute Gasteiger partial charge is 0.379 e. The quantitative estimate of drug-likeness (QED) is 0.659. The molecule has 1 aliphatic rings. The van der Waals surface area contributed by atoms with E-state index in [0.29, 0.717) is 6.04 Å². The minimum atomic E-state index is -0.340. The number of nitrogens with one attached hydrogen (secondary N) is 1. The second kappa shape index (κ2) is 5.61. The summed E-state index contributed by atoms with van der Waals surface area (Å²) in [4.78, 5) is 0. The summed E-state index contributed by atoms with van der Waals surface area (Å²) in [6, 6.07) is 0.563. The molecule has 0 aromatic rings. The summed E-state index contributed by atoms with van der Waals surface area (Å²) >= 11 is 0. The summed E-state index contributed by atoms with van der Waals surface area (Å²) in [6.07, 6.45) is 7.55. The summed E-state index contributed by atoms with van der Waals surface area (Å²) in [7, 11) is 0. The van der Waals surface area contributed by atoms with Gasteiger partial charge in [-0.2, -0.15) is 0 Å². The Morgan fingerprint density at radius 2 is 1.92 bits per heavy atom. The Morgan fingerprint density at radius 1 is 1.31 bits per heavy atom. The lowest BCUT2D eigenvalue weighted by atomic mass is 9.83. The first-order valence-corrected chi connectivity index (χ1v) is 5.66. The summed E-state index contributed by atoms with van der Waals surface area (Å²) in [5, 5.41) is 12.4. The van der Waals surface area contributed by atoms with Crippen molar-refractivity contribution in [2.45, 2.75) is 64.6 Å². The molecule has 1 unspecified atom stereocenters. The Labute approximate surface area is 81.7 Å². The molecule has 0 heterocycles. The van der Waals surface area contributed by atoms with E-state index in [1.54, 1.807) is 6.92 Å². The van der Waals surface area contributed by atoms with Crippen molar-refractivity contribution in [1.29, 1.82) is 0 Å². The molecule has 13 heavy (non-hydrogen) atoms. The summed E-state index contributed by atoms with van der Waals surface area (Å²) < 4.78 is 0. The van der Waals surface area contributed by atoms with Gasteiger partial charge in [0.2, 0.25) is 0 Å². The fourth-order valence-electron chi connectivity index (χ4n) is 2.37. The summed E-state index contributed by atoms with van der Waals surface area (Å²) in [5.74, 6) is 0.956. The second-order valence-corrected chi connectivity index (χ2v) is 4.35. The Morgan fingerprint density at radius 3 is 2.38 bits per heavy atom. The van der Waals surface area contributed by atoms with Gasteiger partial charge in [0, 0.05) is 6.04 Å². The highest BCUT2D eigenvalue weighted by atomic mass is 16.3. The first kappa shape index (κ1) is 11.0. The number of aliphatic hydroxyl groups is 1. The molecule has 2 heteroatoms. The monoisotopic (exact) mass is 185 g/mol. The van der Waals surface area contributed by atoms with Crippen LogP contribution in [0, 0.1) is 5.92 Å². The zero-order chi connectivity index (χ0) is 9.68. The first-order chi connectivity index (χ1) is 6.22. The third kappa shape index (κ3) is 4.10. The molecule has 0 aliphatic heterocycles. The highest BCUT2D eigenvalue weighted by molar-refractivity contribution is 4.77. The van der Waals surface area contributed by atoms with Crippen molar-refractivity contribution in [2.75, 3.05) is 0 Å². The van der Waals surface area contributed by atoms with Crippen LogP contribution < -0.4 is 5.32 Å². The zero-order valence-corrected chi connectivity index (χ0v) is 8.92. The van der Waals surface area contributed by atoms with Crippen molar-refractivity contribution < 1.29 is 5.11 Å². The standard InChI is InChI=1S/C11H23NO/c1-3-4-10-5-7-11(8-6-10)12-9(2)13/h9-13H,3-8H2,1-2H3. The molecule has 1 rings (SSSR count). The molecule has 2 N–H and O–H groups in total. The van der Waals surface area contributed by atoms with Gasteiger partial charge in [0.15, 0.2) is 0 Å². The van der Waals surface area contributed by atoms with Crippen LogP contribution in [0.25, 0.3) is 0 Å². The highest BCUT2D eigenvalue weighted by Crippen LogP contribution is 2.27. The van der Waals surface area contributed by atoms with Gasteiger partial charge in [-0.3, -0.25) is 5.32 Å². The SMILES string of the molecule is CCCC1CCC(NC(C)O)CC1. The van der Waals surface area contributed by atoms with E-state index in [1.165, 1.54) is 38.5 Å². The van der Waals surface area contributed by atoms with Gasteiger partial charge >= 0.3 is 0 Å². The predicted molar refractivity (Wildman–Crippen MR) is 55.5 cm³/mol. The molecule has 1 saturated carbocycles. The van der Waals surface area contributed by atoms with Crippen molar-refractivity contribution >= 4 is 0 Å². The van der Waals surface area contributed by atoms with Crippen LogP contribution in [0.4, 0.5) is 0 Å². The van der Waals surface area contributed by atoms with E-state index in [-0.39, 0.29) is 6.23 Å². The van der Waals surface area contributed by atoms with Gasteiger partial charge in [0.05, 0.1) is 0 Å². The Balaban J connectivity index is 2.15. The van der Waals surface area contributed by atoms with Crippen LogP contribution in [-0.2, 0) is 0 Å². The van der Waals surface area contributed by atoms with Crippen LogP contribution in [0.3, 0.4) is 0 Å². The zero-order valence-electron chi connectivity index (χ0n) is 8.92. The van der Waals surface area contributed by atoms with Crippen LogP contribution in [0.1, 0.15) is 52.4 Å². The van der Waals surface area contributed by atoms with E-state index in [2.05, 4.69) is 12.2 Å². The Kier molecular flexibility index (Phi) is 4.74. The Hall–Kier alpha value is -0.0800. The molecule has 1 aliphatic carbocycles. The molecular formula is C11H23NO. The molecule has 0 bridgehead atoms. The van der Waals surface area contributed by atoms with Crippen molar-refractivity contribution in [3.8, 4) is 0 Å².